The van der Waals surface area contributed by atoms with E-state index in [0.717, 1.165) is 57.1 Å². The zero-order valence-electron chi connectivity index (χ0n) is 28.3. The molecule has 2 rings (SSSR count). The molecule has 0 saturated carbocycles. The maximum atomic E-state index is 14.3. The quantitative estimate of drug-likeness (QED) is 0.0450. The standard InChI is InChI=1S/C41H49F2NO4/c1-4-5-6-7-8-9-10-11-12-13-14-15-16-17-18-19-20-21-22-24-33(2)47-30-23-29-44-41(46)38-31-35(25-28-40(38)48-34(3)45)37-27-26-36(42)32-39(37)43/h5-6,8-9,11-12,14-15,17-18,20-21,25-28,31-32H,2,4,7,10,13,16,19,22-24,29-30H2,1,3H3,(H,44,46)/b6-5-,9-8-,12-11-,15-14-,18-17-,21-20-. The largest absolute Gasteiger partial charge is 0.498 e. The molecule has 0 fully saturated rings. The van der Waals surface area contributed by atoms with Crippen molar-refractivity contribution in [3.8, 4) is 16.9 Å². The lowest BCUT2D eigenvalue weighted by atomic mass is 10.0. The van der Waals surface area contributed by atoms with Crippen molar-refractivity contribution in [3.05, 3.63) is 139 Å². The fourth-order valence-corrected chi connectivity index (χ4v) is 4.38. The first-order chi connectivity index (χ1) is 23.3. The van der Waals surface area contributed by atoms with Gasteiger partial charge in [-0.1, -0.05) is 92.5 Å². The highest BCUT2D eigenvalue weighted by molar-refractivity contribution is 5.99. The van der Waals surface area contributed by atoms with Crippen molar-refractivity contribution in [2.24, 2.45) is 0 Å². The van der Waals surface area contributed by atoms with Gasteiger partial charge >= 0.3 is 5.97 Å². The third-order valence-electron chi connectivity index (χ3n) is 6.82. The van der Waals surface area contributed by atoms with Crippen LogP contribution in [0.15, 0.2) is 122 Å². The van der Waals surface area contributed by atoms with E-state index in [0.29, 0.717) is 37.3 Å². The fraction of sp³-hybridized carbons (Fsp3) is 0.317. The van der Waals surface area contributed by atoms with Crippen LogP contribution in [-0.2, 0) is 9.53 Å². The van der Waals surface area contributed by atoms with Crippen molar-refractivity contribution in [2.45, 2.75) is 71.6 Å². The molecule has 0 unspecified atom stereocenters. The zero-order chi connectivity index (χ0) is 34.8. The molecule has 256 valence electrons. The number of allylic oxidation sites excluding steroid dienone is 13. The van der Waals surface area contributed by atoms with Crippen molar-refractivity contribution in [3.63, 3.8) is 0 Å². The summed E-state index contributed by atoms with van der Waals surface area (Å²) in [6.07, 6.45) is 34.0. The second-order valence-corrected chi connectivity index (χ2v) is 10.9. The number of nitrogens with one attached hydrogen (secondary N) is 1. The van der Waals surface area contributed by atoms with Crippen molar-refractivity contribution in [2.75, 3.05) is 13.2 Å². The molecule has 0 aromatic heterocycles. The summed E-state index contributed by atoms with van der Waals surface area (Å²) >= 11 is 0. The predicted octanol–water partition coefficient (Wildman–Crippen LogP) is 10.7. The Hall–Kier alpha value is -4.78. The number of hydrogen-bond acceptors (Lipinski definition) is 4. The van der Waals surface area contributed by atoms with Gasteiger partial charge in [0, 0.05) is 31.5 Å². The molecule has 5 nitrogen and oxygen atoms in total. The van der Waals surface area contributed by atoms with Gasteiger partial charge in [-0.15, -0.1) is 0 Å². The number of carbonyl (C=O) groups is 2. The monoisotopic (exact) mass is 657 g/mol. The Morgan fingerprint density at radius 1 is 0.792 bits per heavy atom. The Balaban J connectivity index is 1.61. The maximum absolute atomic E-state index is 14.3. The molecule has 0 aliphatic carbocycles. The topological polar surface area (TPSA) is 64.6 Å². The van der Waals surface area contributed by atoms with E-state index < -0.39 is 23.5 Å². The van der Waals surface area contributed by atoms with Crippen LogP contribution >= 0.6 is 0 Å². The maximum Gasteiger partial charge on any atom is 0.308 e. The highest BCUT2D eigenvalue weighted by Gasteiger charge is 2.17. The summed E-state index contributed by atoms with van der Waals surface area (Å²) < 4.78 is 38.6. The smallest absolute Gasteiger partial charge is 0.308 e. The lowest BCUT2D eigenvalue weighted by Gasteiger charge is -2.13. The van der Waals surface area contributed by atoms with Gasteiger partial charge in [-0.25, -0.2) is 8.78 Å². The van der Waals surface area contributed by atoms with Gasteiger partial charge in [0.1, 0.15) is 17.4 Å². The van der Waals surface area contributed by atoms with Crippen LogP contribution in [0.1, 0.15) is 82.0 Å². The molecule has 48 heavy (non-hydrogen) atoms. The summed E-state index contributed by atoms with van der Waals surface area (Å²) in [6.45, 7) is 8.01. The molecular weight excluding hydrogens is 608 g/mol. The minimum Gasteiger partial charge on any atom is -0.498 e. The van der Waals surface area contributed by atoms with Crippen LogP contribution < -0.4 is 10.1 Å². The molecule has 2 aromatic carbocycles. The number of ether oxygens (including phenoxy) is 2. The number of rotatable bonds is 22. The van der Waals surface area contributed by atoms with Gasteiger partial charge in [-0.05, 0) is 81.2 Å². The Morgan fingerprint density at radius 3 is 1.94 bits per heavy atom. The second-order valence-electron chi connectivity index (χ2n) is 10.9. The number of amides is 1. The van der Waals surface area contributed by atoms with Crippen LogP contribution in [0.4, 0.5) is 8.78 Å². The first-order valence-corrected chi connectivity index (χ1v) is 16.6. The first kappa shape index (κ1) is 39.4. The molecule has 0 heterocycles. The lowest BCUT2D eigenvalue weighted by molar-refractivity contribution is -0.131. The second kappa shape index (κ2) is 24.4. The molecular formula is C41H49F2NO4. The van der Waals surface area contributed by atoms with E-state index in [1.165, 1.54) is 31.2 Å². The van der Waals surface area contributed by atoms with E-state index in [2.05, 4.69) is 91.7 Å². The molecule has 7 heteroatoms. The van der Waals surface area contributed by atoms with Crippen LogP contribution in [-0.4, -0.2) is 25.0 Å². The third-order valence-corrected chi connectivity index (χ3v) is 6.82. The van der Waals surface area contributed by atoms with Crippen molar-refractivity contribution in [1.29, 1.82) is 0 Å². The Kier molecular flexibility index (Phi) is 20.0. The normalized spacial score (nSPS) is 12.0. The summed E-state index contributed by atoms with van der Waals surface area (Å²) in [6, 6.07) is 7.53. The van der Waals surface area contributed by atoms with E-state index in [4.69, 9.17) is 9.47 Å². The Morgan fingerprint density at radius 2 is 1.38 bits per heavy atom. The van der Waals surface area contributed by atoms with E-state index in [1.807, 2.05) is 0 Å². The number of halogens is 2. The summed E-state index contributed by atoms with van der Waals surface area (Å²) in [7, 11) is 0. The fourth-order valence-electron chi connectivity index (χ4n) is 4.38. The highest BCUT2D eigenvalue weighted by Crippen LogP contribution is 2.29. The number of esters is 1. The van der Waals surface area contributed by atoms with E-state index in [-0.39, 0.29) is 16.9 Å². The van der Waals surface area contributed by atoms with Gasteiger partial charge in [0.25, 0.3) is 5.91 Å². The van der Waals surface area contributed by atoms with Crippen molar-refractivity contribution < 1.29 is 27.8 Å². The number of carbonyl (C=O) groups excluding carboxylic acids is 2. The molecule has 0 atom stereocenters. The van der Waals surface area contributed by atoms with E-state index in [9.17, 15) is 18.4 Å². The van der Waals surface area contributed by atoms with E-state index in [1.54, 1.807) is 0 Å². The van der Waals surface area contributed by atoms with Crippen LogP contribution in [0.5, 0.6) is 5.75 Å². The molecule has 0 saturated heterocycles. The first-order valence-electron chi connectivity index (χ1n) is 16.6. The summed E-state index contributed by atoms with van der Waals surface area (Å²) in [5, 5.41) is 2.77. The van der Waals surface area contributed by atoms with Crippen molar-refractivity contribution >= 4 is 11.9 Å². The molecule has 0 spiro atoms. The minimum atomic E-state index is -0.764. The molecule has 0 bridgehead atoms. The van der Waals surface area contributed by atoms with Crippen LogP contribution in [0.25, 0.3) is 11.1 Å². The van der Waals surface area contributed by atoms with E-state index >= 15 is 0 Å². The molecule has 0 radical (unpaired) electrons. The predicted molar refractivity (Wildman–Crippen MR) is 193 cm³/mol. The molecule has 0 aliphatic rings. The lowest BCUT2D eigenvalue weighted by Crippen LogP contribution is -2.26. The third kappa shape index (κ3) is 17.2. The number of hydrogen-bond donors (Lipinski definition) is 1. The zero-order valence-corrected chi connectivity index (χ0v) is 28.3. The van der Waals surface area contributed by atoms with Crippen molar-refractivity contribution in [1.82, 2.24) is 5.32 Å². The Labute approximate surface area is 285 Å². The average Bonchev–Trinajstić information content (AvgIpc) is 3.05. The van der Waals surface area contributed by atoms with Gasteiger partial charge in [0.05, 0.1) is 17.9 Å². The molecule has 1 amide bonds. The molecule has 0 aliphatic heterocycles. The summed E-state index contributed by atoms with van der Waals surface area (Å²) in [4.78, 5) is 24.5. The van der Waals surface area contributed by atoms with Crippen LogP contribution in [0.3, 0.4) is 0 Å². The highest BCUT2D eigenvalue weighted by atomic mass is 19.1. The Bertz CT molecular complexity index is 1480. The van der Waals surface area contributed by atoms with Gasteiger partial charge in [-0.3, -0.25) is 9.59 Å². The van der Waals surface area contributed by atoms with Gasteiger partial charge in [0.2, 0.25) is 0 Å². The summed E-state index contributed by atoms with van der Waals surface area (Å²) in [5.41, 5.74) is 0.531. The average molecular weight is 658 g/mol. The minimum absolute atomic E-state index is 0.0466. The summed E-state index contributed by atoms with van der Waals surface area (Å²) in [5.74, 6) is -1.84. The van der Waals surface area contributed by atoms with Gasteiger partial charge < -0.3 is 14.8 Å². The van der Waals surface area contributed by atoms with Crippen LogP contribution in [0.2, 0.25) is 0 Å². The van der Waals surface area contributed by atoms with Gasteiger partial charge in [0.15, 0.2) is 0 Å². The molecule has 2 aromatic rings. The SMILES string of the molecule is C=C(CC/C=C\C/C=C\C/C=C\C/C=C\C/C=C\C/C=C\CC)OCCCNC(=O)c1cc(-c2ccc(F)cc2F)ccc1OC(C)=O. The van der Waals surface area contributed by atoms with Crippen LogP contribution in [0, 0.1) is 11.6 Å². The molecule has 1 N–H and O–H groups in total. The van der Waals surface area contributed by atoms with Gasteiger partial charge in [-0.2, -0.15) is 0 Å². The number of benzene rings is 2.